The van der Waals surface area contributed by atoms with Crippen molar-refractivity contribution in [2.45, 2.75) is 136 Å². The molecule has 0 amide bonds. The molecule has 0 saturated carbocycles. The summed E-state index contributed by atoms with van der Waals surface area (Å²) in [6.45, 7) is 5.42. The lowest BCUT2D eigenvalue weighted by atomic mass is 10.0. The molecule has 0 heterocycles. The Labute approximate surface area is 153 Å². The van der Waals surface area contributed by atoms with Crippen LogP contribution in [-0.4, -0.2) is 17.9 Å². The maximum Gasteiger partial charge on any atom is 0.104 e. The van der Waals surface area contributed by atoms with E-state index in [0.717, 1.165) is 19.4 Å². The maximum absolute atomic E-state index is 9.77. The van der Waals surface area contributed by atoms with Gasteiger partial charge in [0.2, 0.25) is 0 Å². The minimum absolute atomic E-state index is 0.279. The summed E-state index contributed by atoms with van der Waals surface area (Å²) < 4.78 is 0. The van der Waals surface area contributed by atoms with E-state index in [1.165, 1.54) is 103 Å². The molecule has 0 radical (unpaired) electrons. The smallest absolute Gasteiger partial charge is 0.104 e. The third kappa shape index (κ3) is 20.0. The van der Waals surface area contributed by atoms with E-state index >= 15 is 0 Å². The van der Waals surface area contributed by atoms with E-state index in [2.05, 4.69) is 19.2 Å². The Morgan fingerprint density at radius 3 is 1.33 bits per heavy atom. The molecule has 0 aromatic rings. The van der Waals surface area contributed by atoms with E-state index in [9.17, 15) is 5.11 Å². The molecule has 0 fully saturated rings. The first-order valence-electron chi connectivity index (χ1n) is 11.2. The zero-order valence-corrected chi connectivity index (χ0v) is 17.0. The van der Waals surface area contributed by atoms with Gasteiger partial charge in [-0.05, 0) is 25.8 Å². The van der Waals surface area contributed by atoms with Crippen LogP contribution in [-0.2, 0) is 0 Å². The average molecular weight is 342 g/mol. The first kappa shape index (κ1) is 23.9. The monoisotopic (exact) mass is 341 g/mol. The van der Waals surface area contributed by atoms with E-state index in [0.29, 0.717) is 0 Å². The number of unbranched alkanes of at least 4 members (excludes halogenated alkanes) is 15. The molecule has 0 spiro atoms. The van der Waals surface area contributed by atoms with Gasteiger partial charge in [0.15, 0.2) is 0 Å². The Morgan fingerprint density at radius 1 is 0.542 bits per heavy atom. The zero-order valence-electron chi connectivity index (χ0n) is 17.0. The van der Waals surface area contributed by atoms with Gasteiger partial charge in [-0.15, -0.1) is 0 Å². The first-order chi connectivity index (χ1) is 11.8. The minimum atomic E-state index is -0.279. The number of aliphatic hydroxyl groups excluding tert-OH is 1. The lowest BCUT2D eigenvalue weighted by Gasteiger charge is -2.12. The zero-order chi connectivity index (χ0) is 17.7. The predicted molar refractivity (Wildman–Crippen MR) is 108 cm³/mol. The van der Waals surface area contributed by atoms with Crippen LogP contribution < -0.4 is 5.32 Å². The van der Waals surface area contributed by atoms with Gasteiger partial charge in [0.25, 0.3) is 0 Å². The molecule has 0 bridgehead atoms. The maximum atomic E-state index is 9.77. The number of hydrogen-bond acceptors (Lipinski definition) is 2. The summed E-state index contributed by atoms with van der Waals surface area (Å²) in [6.07, 6.45) is 24.0. The van der Waals surface area contributed by atoms with Gasteiger partial charge in [-0.2, -0.15) is 0 Å². The summed E-state index contributed by atoms with van der Waals surface area (Å²) in [5.41, 5.74) is 0. The largest absolute Gasteiger partial charge is 0.379 e. The second-order valence-electron chi connectivity index (χ2n) is 7.56. The first-order valence-corrected chi connectivity index (χ1v) is 11.2. The van der Waals surface area contributed by atoms with E-state index in [1.807, 2.05) is 0 Å². The van der Waals surface area contributed by atoms with Gasteiger partial charge in [0.05, 0.1) is 0 Å². The summed E-state index contributed by atoms with van der Waals surface area (Å²) in [5.74, 6) is 0. The highest BCUT2D eigenvalue weighted by Gasteiger charge is 2.01. The molecule has 0 saturated heterocycles. The quantitative estimate of drug-likeness (QED) is 0.185. The van der Waals surface area contributed by atoms with Gasteiger partial charge < -0.3 is 5.11 Å². The van der Waals surface area contributed by atoms with E-state index < -0.39 is 0 Å². The van der Waals surface area contributed by atoms with Gasteiger partial charge in [0, 0.05) is 0 Å². The van der Waals surface area contributed by atoms with Crippen LogP contribution in [0.4, 0.5) is 0 Å². The van der Waals surface area contributed by atoms with Crippen LogP contribution in [0.3, 0.4) is 0 Å². The Morgan fingerprint density at radius 2 is 0.917 bits per heavy atom. The van der Waals surface area contributed by atoms with Crippen LogP contribution in [0.2, 0.25) is 0 Å². The second-order valence-corrected chi connectivity index (χ2v) is 7.56. The highest BCUT2D eigenvalue weighted by molar-refractivity contribution is 4.55. The summed E-state index contributed by atoms with van der Waals surface area (Å²) in [7, 11) is 0. The van der Waals surface area contributed by atoms with E-state index in [4.69, 9.17) is 0 Å². The van der Waals surface area contributed by atoms with Crippen LogP contribution in [0.15, 0.2) is 0 Å². The summed E-state index contributed by atoms with van der Waals surface area (Å²) in [5, 5.41) is 13.0. The van der Waals surface area contributed by atoms with Gasteiger partial charge in [0.1, 0.15) is 6.23 Å². The molecule has 146 valence electrons. The molecule has 0 aromatic carbocycles. The standard InChI is InChI=1S/C22H47NO/c1-3-5-7-8-9-10-11-12-13-14-15-16-17-18-19-20-22(24)23-21-6-4-2/h22-24H,3-21H2,1-2H3. The minimum Gasteiger partial charge on any atom is -0.379 e. The number of hydrogen-bond donors (Lipinski definition) is 2. The van der Waals surface area contributed by atoms with Crippen LogP contribution in [0.25, 0.3) is 0 Å². The number of aliphatic hydroxyl groups is 1. The van der Waals surface area contributed by atoms with Crippen LogP contribution in [0.1, 0.15) is 129 Å². The molecule has 2 N–H and O–H groups in total. The number of nitrogens with one attached hydrogen (secondary N) is 1. The molecule has 0 aliphatic rings. The molecular formula is C22H47NO. The van der Waals surface area contributed by atoms with E-state index in [1.54, 1.807) is 0 Å². The average Bonchev–Trinajstić information content (AvgIpc) is 2.58. The third-order valence-electron chi connectivity index (χ3n) is 4.99. The van der Waals surface area contributed by atoms with Crippen molar-refractivity contribution in [3.05, 3.63) is 0 Å². The molecule has 0 aliphatic carbocycles. The van der Waals surface area contributed by atoms with Crippen molar-refractivity contribution in [1.29, 1.82) is 0 Å². The fourth-order valence-corrected chi connectivity index (χ4v) is 3.26. The molecule has 0 aromatic heterocycles. The highest BCUT2D eigenvalue weighted by Crippen LogP contribution is 2.13. The Kier molecular flexibility index (Phi) is 20.9. The lowest BCUT2D eigenvalue weighted by Crippen LogP contribution is -2.29. The molecule has 2 nitrogen and oxygen atoms in total. The van der Waals surface area contributed by atoms with Crippen molar-refractivity contribution in [2.75, 3.05) is 6.54 Å². The molecule has 0 aliphatic heterocycles. The SMILES string of the molecule is CCCCCCCCCCCCCCCCCC(O)NCCCC. The lowest BCUT2D eigenvalue weighted by molar-refractivity contribution is 0.124. The second kappa shape index (κ2) is 21.0. The fourth-order valence-electron chi connectivity index (χ4n) is 3.26. The Balaban J connectivity index is 3.05. The van der Waals surface area contributed by atoms with Gasteiger partial charge in [-0.25, -0.2) is 0 Å². The highest BCUT2D eigenvalue weighted by atomic mass is 16.3. The Bertz CT molecular complexity index is 220. The third-order valence-corrected chi connectivity index (χ3v) is 4.99. The topological polar surface area (TPSA) is 32.3 Å². The van der Waals surface area contributed by atoms with Gasteiger partial charge >= 0.3 is 0 Å². The van der Waals surface area contributed by atoms with Crippen LogP contribution in [0, 0.1) is 0 Å². The van der Waals surface area contributed by atoms with Crippen LogP contribution in [0.5, 0.6) is 0 Å². The van der Waals surface area contributed by atoms with Gasteiger partial charge in [-0.1, -0.05) is 110 Å². The van der Waals surface area contributed by atoms with Crippen molar-refractivity contribution in [3.63, 3.8) is 0 Å². The summed E-state index contributed by atoms with van der Waals surface area (Å²) >= 11 is 0. The van der Waals surface area contributed by atoms with Crippen molar-refractivity contribution in [3.8, 4) is 0 Å². The summed E-state index contributed by atoms with van der Waals surface area (Å²) in [4.78, 5) is 0. The van der Waals surface area contributed by atoms with Crippen LogP contribution >= 0.6 is 0 Å². The predicted octanol–water partition coefficient (Wildman–Crippen LogP) is 6.96. The molecule has 24 heavy (non-hydrogen) atoms. The molecule has 2 heteroatoms. The van der Waals surface area contributed by atoms with Crippen molar-refractivity contribution >= 4 is 0 Å². The van der Waals surface area contributed by atoms with Crippen molar-refractivity contribution in [2.24, 2.45) is 0 Å². The Hall–Kier alpha value is -0.0800. The van der Waals surface area contributed by atoms with Crippen molar-refractivity contribution < 1.29 is 5.11 Å². The normalized spacial score (nSPS) is 12.6. The summed E-state index contributed by atoms with van der Waals surface area (Å²) in [6, 6.07) is 0. The molecule has 1 unspecified atom stereocenters. The number of rotatable bonds is 20. The molecule has 1 atom stereocenters. The molecular weight excluding hydrogens is 294 g/mol. The fraction of sp³-hybridized carbons (Fsp3) is 1.00. The van der Waals surface area contributed by atoms with Crippen molar-refractivity contribution in [1.82, 2.24) is 5.32 Å². The molecule has 0 rings (SSSR count). The van der Waals surface area contributed by atoms with Gasteiger partial charge in [-0.3, -0.25) is 5.32 Å². The van der Waals surface area contributed by atoms with E-state index in [-0.39, 0.29) is 6.23 Å².